The molecule has 5 nitrogen and oxygen atoms in total. The Bertz CT molecular complexity index is 230. The van der Waals surface area contributed by atoms with Crippen LogP contribution in [0.15, 0.2) is 0 Å². The van der Waals surface area contributed by atoms with E-state index in [-0.39, 0.29) is 13.2 Å². The van der Waals surface area contributed by atoms with Crippen LogP contribution >= 0.6 is 0 Å². The van der Waals surface area contributed by atoms with E-state index < -0.39 is 0 Å². The number of unbranched alkanes of at least 4 members (excludes halogenated alkanes) is 9. The van der Waals surface area contributed by atoms with Crippen LogP contribution in [0.4, 0.5) is 0 Å². The van der Waals surface area contributed by atoms with Gasteiger partial charge in [-0.3, -0.25) is 4.90 Å². The first-order valence-corrected chi connectivity index (χ1v) is 10.4. The van der Waals surface area contributed by atoms with Gasteiger partial charge < -0.3 is 19.7 Å². The van der Waals surface area contributed by atoms with Crippen LogP contribution in [0, 0.1) is 0 Å². The molecule has 0 rings (SSSR count). The first kappa shape index (κ1) is 24.8. The topological polar surface area (TPSA) is 62.2 Å². The van der Waals surface area contributed by atoms with E-state index in [1.165, 1.54) is 64.2 Å². The third-order valence-corrected chi connectivity index (χ3v) is 4.40. The molecule has 152 valence electrons. The molecular formula is C20H43NO4. The van der Waals surface area contributed by atoms with E-state index in [0.717, 1.165) is 19.6 Å². The summed E-state index contributed by atoms with van der Waals surface area (Å²) in [6.07, 6.45) is 13.5. The molecule has 0 saturated carbocycles. The Balaban J connectivity index is 3.59. The number of hydrogen-bond donors (Lipinski definition) is 2. The Hall–Kier alpha value is -0.200. The van der Waals surface area contributed by atoms with Crippen LogP contribution in [-0.2, 0) is 9.47 Å². The Morgan fingerprint density at radius 3 is 1.44 bits per heavy atom. The van der Waals surface area contributed by atoms with Gasteiger partial charge in [0, 0.05) is 13.1 Å². The Kier molecular flexibility index (Phi) is 21.7. The fourth-order valence-electron chi connectivity index (χ4n) is 2.88. The summed E-state index contributed by atoms with van der Waals surface area (Å²) in [5.41, 5.74) is 0. The first-order valence-electron chi connectivity index (χ1n) is 10.4. The molecule has 25 heavy (non-hydrogen) atoms. The van der Waals surface area contributed by atoms with E-state index in [2.05, 4.69) is 11.8 Å². The van der Waals surface area contributed by atoms with Gasteiger partial charge in [0.15, 0.2) is 0 Å². The number of hydrogen-bond acceptors (Lipinski definition) is 5. The van der Waals surface area contributed by atoms with E-state index >= 15 is 0 Å². The number of ether oxygens (including phenoxy) is 2. The molecule has 0 bridgehead atoms. The molecule has 5 heteroatoms. The second-order valence-electron chi connectivity index (χ2n) is 6.70. The Morgan fingerprint density at radius 1 is 0.560 bits per heavy atom. The van der Waals surface area contributed by atoms with Gasteiger partial charge in [0.2, 0.25) is 0 Å². The van der Waals surface area contributed by atoms with Gasteiger partial charge in [0.05, 0.1) is 39.6 Å². The fraction of sp³-hybridized carbons (Fsp3) is 1.00. The van der Waals surface area contributed by atoms with Crippen molar-refractivity contribution in [3.05, 3.63) is 0 Å². The summed E-state index contributed by atoms with van der Waals surface area (Å²) in [6, 6.07) is 0. The van der Waals surface area contributed by atoms with E-state index in [4.69, 9.17) is 19.7 Å². The van der Waals surface area contributed by atoms with Crippen molar-refractivity contribution in [3.63, 3.8) is 0 Å². The van der Waals surface area contributed by atoms with Gasteiger partial charge in [-0.1, -0.05) is 64.7 Å². The van der Waals surface area contributed by atoms with E-state index in [1.807, 2.05) is 0 Å². The van der Waals surface area contributed by atoms with Crippen LogP contribution in [0.1, 0.15) is 71.1 Å². The van der Waals surface area contributed by atoms with E-state index in [9.17, 15) is 0 Å². The van der Waals surface area contributed by atoms with Crippen molar-refractivity contribution in [3.8, 4) is 0 Å². The quantitative estimate of drug-likeness (QED) is 0.307. The lowest BCUT2D eigenvalue weighted by Gasteiger charge is -2.22. The summed E-state index contributed by atoms with van der Waals surface area (Å²) in [7, 11) is 0. The number of aliphatic hydroxyl groups excluding tert-OH is 2. The third-order valence-electron chi connectivity index (χ3n) is 4.40. The molecule has 0 aliphatic heterocycles. The maximum atomic E-state index is 8.75. The zero-order valence-corrected chi connectivity index (χ0v) is 16.6. The smallest absolute Gasteiger partial charge is 0.0698 e. The first-order chi connectivity index (χ1) is 12.3. The average molecular weight is 362 g/mol. The highest BCUT2D eigenvalue weighted by atomic mass is 16.5. The molecule has 0 aliphatic rings. The lowest BCUT2D eigenvalue weighted by atomic mass is 10.1. The largest absolute Gasteiger partial charge is 0.394 e. The van der Waals surface area contributed by atoms with E-state index in [1.54, 1.807) is 0 Å². The van der Waals surface area contributed by atoms with Crippen molar-refractivity contribution >= 4 is 0 Å². The summed E-state index contributed by atoms with van der Waals surface area (Å²) < 4.78 is 10.7. The molecule has 0 aromatic heterocycles. The minimum absolute atomic E-state index is 0.0814. The number of aliphatic hydroxyl groups is 2. The lowest BCUT2D eigenvalue weighted by molar-refractivity contribution is 0.0503. The molecule has 0 amide bonds. The van der Waals surface area contributed by atoms with Crippen molar-refractivity contribution in [1.82, 2.24) is 4.90 Å². The van der Waals surface area contributed by atoms with Crippen LogP contribution in [0.2, 0.25) is 0 Å². The molecule has 0 heterocycles. The van der Waals surface area contributed by atoms with Gasteiger partial charge in [-0.05, 0) is 13.0 Å². The molecule has 0 aromatic carbocycles. The van der Waals surface area contributed by atoms with Gasteiger partial charge in [0.25, 0.3) is 0 Å². The average Bonchev–Trinajstić information content (AvgIpc) is 2.63. The summed E-state index contributed by atoms with van der Waals surface area (Å²) in [5, 5.41) is 17.5. The highest BCUT2D eigenvalue weighted by molar-refractivity contribution is 4.58. The van der Waals surface area contributed by atoms with Crippen molar-refractivity contribution in [1.29, 1.82) is 0 Å². The molecule has 0 radical (unpaired) electrons. The summed E-state index contributed by atoms with van der Waals surface area (Å²) >= 11 is 0. The standard InChI is InChI=1S/C20H43NO4/c1-2-3-4-5-6-7-8-9-10-11-12-21(13-17-24-19-15-22)14-18-25-20-16-23/h22-23H,2-20H2,1H3. The Morgan fingerprint density at radius 2 is 1.00 bits per heavy atom. The minimum atomic E-state index is 0.0814. The van der Waals surface area contributed by atoms with Crippen LogP contribution in [0.3, 0.4) is 0 Å². The molecule has 0 fully saturated rings. The van der Waals surface area contributed by atoms with Crippen LogP contribution < -0.4 is 0 Å². The molecule has 2 N–H and O–H groups in total. The van der Waals surface area contributed by atoms with Crippen molar-refractivity contribution in [2.75, 3.05) is 59.3 Å². The molecule has 0 spiro atoms. The van der Waals surface area contributed by atoms with Gasteiger partial charge >= 0.3 is 0 Å². The predicted octanol–water partition coefficient (Wildman–Crippen LogP) is 3.23. The zero-order valence-electron chi connectivity index (χ0n) is 16.6. The van der Waals surface area contributed by atoms with Gasteiger partial charge in [0.1, 0.15) is 0 Å². The predicted molar refractivity (Wildman–Crippen MR) is 104 cm³/mol. The third kappa shape index (κ3) is 20.0. The van der Waals surface area contributed by atoms with Crippen LogP contribution in [0.5, 0.6) is 0 Å². The molecule has 0 aliphatic carbocycles. The highest BCUT2D eigenvalue weighted by Crippen LogP contribution is 2.10. The number of nitrogens with zero attached hydrogens (tertiary/aromatic N) is 1. The van der Waals surface area contributed by atoms with Gasteiger partial charge in [-0.25, -0.2) is 0 Å². The maximum Gasteiger partial charge on any atom is 0.0698 e. The fourth-order valence-corrected chi connectivity index (χ4v) is 2.88. The summed E-state index contributed by atoms with van der Waals surface area (Å²) in [6.45, 7) is 7.37. The number of rotatable bonds is 21. The van der Waals surface area contributed by atoms with Crippen molar-refractivity contribution in [2.45, 2.75) is 71.1 Å². The lowest BCUT2D eigenvalue weighted by Crippen LogP contribution is -2.32. The van der Waals surface area contributed by atoms with Crippen molar-refractivity contribution < 1.29 is 19.7 Å². The molecule has 0 atom stereocenters. The molecule has 0 saturated heterocycles. The van der Waals surface area contributed by atoms with Crippen LogP contribution in [-0.4, -0.2) is 74.4 Å². The maximum absolute atomic E-state index is 8.75. The highest BCUT2D eigenvalue weighted by Gasteiger charge is 2.05. The van der Waals surface area contributed by atoms with Gasteiger partial charge in [-0.15, -0.1) is 0 Å². The van der Waals surface area contributed by atoms with Crippen LogP contribution in [0.25, 0.3) is 0 Å². The second kappa shape index (κ2) is 21.8. The summed E-state index contributed by atoms with van der Waals surface area (Å²) in [5.74, 6) is 0. The second-order valence-corrected chi connectivity index (χ2v) is 6.70. The Labute approximate surface area is 155 Å². The summed E-state index contributed by atoms with van der Waals surface area (Å²) in [4.78, 5) is 2.36. The zero-order chi connectivity index (χ0) is 18.4. The van der Waals surface area contributed by atoms with Gasteiger partial charge in [-0.2, -0.15) is 0 Å². The minimum Gasteiger partial charge on any atom is -0.394 e. The normalized spacial score (nSPS) is 11.5. The SMILES string of the molecule is CCCCCCCCCCCCN(CCOCCO)CCOCCO. The monoisotopic (exact) mass is 361 g/mol. The van der Waals surface area contributed by atoms with Crippen molar-refractivity contribution in [2.24, 2.45) is 0 Å². The molecule has 0 aromatic rings. The molecular weight excluding hydrogens is 318 g/mol. The van der Waals surface area contributed by atoms with E-state index in [0.29, 0.717) is 26.4 Å². The molecule has 0 unspecified atom stereocenters.